The van der Waals surface area contributed by atoms with E-state index in [0.29, 0.717) is 0 Å². The first-order valence-corrected chi connectivity index (χ1v) is 5.86. The first-order chi connectivity index (χ1) is 8.04. The molecule has 0 amide bonds. The molecule has 1 aromatic heterocycles. The summed E-state index contributed by atoms with van der Waals surface area (Å²) in [6.07, 6.45) is -1.28. The van der Waals surface area contributed by atoms with E-state index < -0.39 is 34.5 Å². The van der Waals surface area contributed by atoms with Gasteiger partial charge in [0.05, 0.1) is 17.5 Å². The van der Waals surface area contributed by atoms with Gasteiger partial charge < -0.3 is 14.9 Å². The van der Waals surface area contributed by atoms with E-state index in [2.05, 4.69) is 20.9 Å². The molecule has 0 aromatic carbocycles. The largest absolute Gasteiger partial charge is 0.394 e. The summed E-state index contributed by atoms with van der Waals surface area (Å²) in [6.45, 7) is -0.276. The number of aliphatic hydroxyl groups is 2. The van der Waals surface area contributed by atoms with Gasteiger partial charge in [0.15, 0.2) is 6.23 Å². The fraction of sp³-hybridized carbons (Fsp3) is 0.556. The van der Waals surface area contributed by atoms with Crippen molar-refractivity contribution in [3.63, 3.8) is 0 Å². The van der Waals surface area contributed by atoms with Crippen molar-refractivity contribution < 1.29 is 14.9 Å². The number of aromatic amines is 1. The maximum Gasteiger partial charge on any atom is 0.330 e. The molecule has 0 radical (unpaired) electrons. The number of alkyl halides is 1. The molecule has 3 N–H and O–H groups in total. The lowest BCUT2D eigenvalue weighted by Crippen LogP contribution is -2.36. The zero-order chi connectivity index (χ0) is 12.6. The van der Waals surface area contributed by atoms with Crippen molar-refractivity contribution in [2.24, 2.45) is 0 Å². The molecule has 1 aliphatic heterocycles. The van der Waals surface area contributed by atoms with Crippen LogP contribution in [0.3, 0.4) is 0 Å². The van der Waals surface area contributed by atoms with Crippen LogP contribution < -0.4 is 11.2 Å². The molecule has 1 saturated heterocycles. The Bertz CT molecular complexity index is 513. The van der Waals surface area contributed by atoms with E-state index in [0.717, 1.165) is 10.6 Å². The highest BCUT2D eigenvalue weighted by Gasteiger charge is 2.43. The van der Waals surface area contributed by atoms with E-state index in [1.165, 1.54) is 6.20 Å². The van der Waals surface area contributed by atoms with Gasteiger partial charge in [-0.3, -0.25) is 14.3 Å². The van der Waals surface area contributed by atoms with Crippen molar-refractivity contribution in [2.75, 3.05) is 6.61 Å². The van der Waals surface area contributed by atoms with E-state index in [9.17, 15) is 14.7 Å². The smallest absolute Gasteiger partial charge is 0.330 e. The lowest BCUT2D eigenvalue weighted by atomic mass is 10.2. The zero-order valence-electron chi connectivity index (χ0n) is 8.62. The van der Waals surface area contributed by atoms with Gasteiger partial charge >= 0.3 is 5.69 Å². The van der Waals surface area contributed by atoms with Crippen LogP contribution in [0.5, 0.6) is 0 Å². The van der Waals surface area contributed by atoms with Gasteiger partial charge in [0.2, 0.25) is 0 Å². The molecule has 94 valence electrons. The topological polar surface area (TPSA) is 105 Å². The van der Waals surface area contributed by atoms with Crippen molar-refractivity contribution in [1.82, 2.24) is 9.55 Å². The molecule has 8 heteroatoms. The van der Waals surface area contributed by atoms with Gasteiger partial charge in [0.1, 0.15) is 6.10 Å². The maximum absolute atomic E-state index is 11.5. The molecule has 1 aliphatic rings. The number of halogens is 1. The molecule has 0 aliphatic carbocycles. The van der Waals surface area contributed by atoms with Crippen LogP contribution in [0.2, 0.25) is 0 Å². The SMILES string of the molecule is O=c1ccn([C@@H]2O[C@H](CO)[C@@H](Br)[C@@H]2O)c(=O)[nH]1. The highest BCUT2D eigenvalue weighted by Crippen LogP contribution is 2.32. The Morgan fingerprint density at radius 3 is 2.76 bits per heavy atom. The summed E-state index contributed by atoms with van der Waals surface area (Å²) in [7, 11) is 0. The minimum atomic E-state index is -0.990. The normalized spacial score (nSPS) is 32.9. The van der Waals surface area contributed by atoms with Crippen molar-refractivity contribution in [2.45, 2.75) is 23.3 Å². The number of aromatic nitrogens is 2. The van der Waals surface area contributed by atoms with E-state index >= 15 is 0 Å². The zero-order valence-corrected chi connectivity index (χ0v) is 10.2. The summed E-state index contributed by atoms with van der Waals surface area (Å²) >= 11 is 3.18. The number of nitrogens with one attached hydrogen (secondary N) is 1. The molecular formula is C9H11BrN2O5. The molecule has 2 rings (SSSR count). The third-order valence-corrected chi connectivity index (χ3v) is 3.72. The minimum Gasteiger partial charge on any atom is -0.394 e. The average Bonchev–Trinajstić information content (AvgIpc) is 2.57. The van der Waals surface area contributed by atoms with Crippen LogP contribution in [0.25, 0.3) is 0 Å². The second-order valence-corrected chi connectivity index (χ2v) is 4.76. The monoisotopic (exact) mass is 306 g/mol. The van der Waals surface area contributed by atoms with E-state index in [1.54, 1.807) is 0 Å². The molecule has 0 bridgehead atoms. The van der Waals surface area contributed by atoms with Gasteiger partial charge in [0.25, 0.3) is 5.56 Å². The second kappa shape index (κ2) is 4.73. The Balaban J connectivity index is 2.35. The van der Waals surface area contributed by atoms with Crippen LogP contribution in [0.1, 0.15) is 6.23 Å². The van der Waals surface area contributed by atoms with Crippen LogP contribution in [0, 0.1) is 0 Å². The summed E-state index contributed by atoms with van der Waals surface area (Å²) in [5.41, 5.74) is -1.19. The Hall–Kier alpha value is -0.960. The summed E-state index contributed by atoms with van der Waals surface area (Å²) in [6, 6.07) is 1.16. The summed E-state index contributed by atoms with van der Waals surface area (Å²) in [4.78, 5) is 24.0. The number of hydrogen-bond acceptors (Lipinski definition) is 5. The van der Waals surface area contributed by atoms with Crippen molar-refractivity contribution in [3.8, 4) is 0 Å². The van der Waals surface area contributed by atoms with Crippen molar-refractivity contribution in [3.05, 3.63) is 33.1 Å². The molecule has 0 saturated carbocycles. The molecule has 0 spiro atoms. The predicted octanol–water partition coefficient (Wildman–Crippen LogP) is -1.45. The lowest BCUT2D eigenvalue weighted by molar-refractivity contribution is -0.0530. The van der Waals surface area contributed by atoms with Crippen LogP contribution in [0.15, 0.2) is 21.9 Å². The van der Waals surface area contributed by atoms with E-state index in [-0.39, 0.29) is 6.61 Å². The van der Waals surface area contributed by atoms with Crippen LogP contribution >= 0.6 is 15.9 Å². The molecular weight excluding hydrogens is 296 g/mol. The number of ether oxygens (including phenoxy) is 1. The maximum atomic E-state index is 11.5. The van der Waals surface area contributed by atoms with Crippen molar-refractivity contribution in [1.29, 1.82) is 0 Å². The number of nitrogens with zero attached hydrogens (tertiary/aromatic N) is 1. The summed E-state index contributed by atoms with van der Waals surface area (Å²) in [5.74, 6) is 0. The summed E-state index contributed by atoms with van der Waals surface area (Å²) < 4.78 is 6.42. The van der Waals surface area contributed by atoms with Gasteiger partial charge in [-0.15, -0.1) is 0 Å². The van der Waals surface area contributed by atoms with Gasteiger partial charge in [-0.2, -0.15) is 0 Å². The quantitative estimate of drug-likeness (QED) is 0.580. The third-order valence-electron chi connectivity index (χ3n) is 2.59. The van der Waals surface area contributed by atoms with Crippen LogP contribution in [-0.2, 0) is 4.74 Å². The Morgan fingerprint density at radius 1 is 1.53 bits per heavy atom. The first-order valence-electron chi connectivity index (χ1n) is 4.94. The minimum absolute atomic E-state index is 0.276. The number of hydrogen-bond donors (Lipinski definition) is 3. The molecule has 0 unspecified atom stereocenters. The Kier molecular flexibility index (Phi) is 3.48. The highest BCUT2D eigenvalue weighted by atomic mass is 79.9. The third kappa shape index (κ3) is 2.21. The molecule has 7 nitrogen and oxygen atoms in total. The van der Waals surface area contributed by atoms with Gasteiger partial charge in [-0.1, -0.05) is 15.9 Å². The Morgan fingerprint density at radius 2 is 2.24 bits per heavy atom. The highest BCUT2D eigenvalue weighted by molar-refractivity contribution is 9.09. The van der Waals surface area contributed by atoms with Gasteiger partial charge in [-0.05, 0) is 0 Å². The van der Waals surface area contributed by atoms with E-state index in [1.807, 2.05) is 0 Å². The number of aliphatic hydroxyl groups excluding tert-OH is 2. The van der Waals surface area contributed by atoms with Crippen LogP contribution in [-0.4, -0.2) is 43.4 Å². The standard InChI is InChI=1S/C9H11BrN2O5/c10-6-4(3-13)17-8(7(6)15)12-2-1-5(14)11-9(12)16/h1-2,4,6-8,13,15H,3H2,(H,11,14,16)/t4-,6-,7+,8-/m1/s1. The molecule has 1 aromatic rings. The average molecular weight is 307 g/mol. The molecule has 1 fully saturated rings. The summed E-state index contributed by atoms with van der Waals surface area (Å²) in [5, 5.41) is 18.9. The van der Waals surface area contributed by atoms with Gasteiger partial charge in [-0.25, -0.2) is 4.79 Å². The fourth-order valence-electron chi connectivity index (χ4n) is 1.71. The first kappa shape index (κ1) is 12.5. The molecule has 4 atom stereocenters. The molecule has 2 heterocycles. The molecule has 17 heavy (non-hydrogen) atoms. The number of H-pyrrole nitrogens is 1. The van der Waals surface area contributed by atoms with Crippen molar-refractivity contribution >= 4 is 15.9 Å². The second-order valence-electron chi connectivity index (χ2n) is 3.70. The van der Waals surface area contributed by atoms with E-state index in [4.69, 9.17) is 9.84 Å². The fourth-order valence-corrected chi connectivity index (χ4v) is 2.27. The number of rotatable bonds is 2. The van der Waals surface area contributed by atoms with Gasteiger partial charge in [0, 0.05) is 12.3 Å². The van der Waals surface area contributed by atoms with Crippen LogP contribution in [0.4, 0.5) is 0 Å². The lowest BCUT2D eigenvalue weighted by Gasteiger charge is -2.16. The Labute approximate surface area is 104 Å². The predicted molar refractivity (Wildman–Crippen MR) is 61.0 cm³/mol.